The van der Waals surface area contributed by atoms with Crippen molar-refractivity contribution in [3.05, 3.63) is 77.0 Å². The van der Waals surface area contributed by atoms with Gasteiger partial charge < -0.3 is 10.6 Å². The second-order valence-corrected chi connectivity index (χ2v) is 6.61. The van der Waals surface area contributed by atoms with E-state index in [-0.39, 0.29) is 11.8 Å². The molecule has 1 aromatic heterocycles. The molecule has 3 aromatic rings. The molecular weight excluding hydrogens is 396 g/mol. The van der Waals surface area contributed by atoms with E-state index in [2.05, 4.69) is 31.7 Å². The normalized spacial score (nSPS) is 11.6. The molecule has 2 aromatic carbocycles. The number of halogens is 1. The number of nitrogens with one attached hydrogen (secondary N) is 2. The topological polar surface area (TPSA) is 76.0 Å². The Morgan fingerprint density at radius 1 is 1.04 bits per heavy atom. The van der Waals surface area contributed by atoms with E-state index in [9.17, 15) is 9.59 Å². The number of aromatic nitrogens is 2. The van der Waals surface area contributed by atoms with Crippen molar-refractivity contribution in [2.24, 2.45) is 0 Å². The average Bonchev–Trinajstić information content (AvgIpc) is 3.16. The number of carbonyl (C=O) groups is 2. The molecule has 0 aliphatic carbocycles. The maximum absolute atomic E-state index is 12.3. The minimum absolute atomic E-state index is 0.190. The van der Waals surface area contributed by atoms with Crippen molar-refractivity contribution < 1.29 is 9.59 Å². The van der Waals surface area contributed by atoms with Crippen LogP contribution in [-0.2, 0) is 4.79 Å². The molecule has 0 spiro atoms. The van der Waals surface area contributed by atoms with Crippen molar-refractivity contribution in [3.8, 4) is 0 Å². The third-order valence-electron chi connectivity index (χ3n) is 3.80. The molecule has 0 bridgehead atoms. The Morgan fingerprint density at radius 3 is 2.38 bits per heavy atom. The predicted molar refractivity (Wildman–Crippen MR) is 104 cm³/mol. The molecular formula is C19H17BrN4O2. The number of anilines is 2. The van der Waals surface area contributed by atoms with E-state index in [1.807, 2.05) is 12.1 Å². The Kier molecular flexibility index (Phi) is 5.48. The largest absolute Gasteiger partial charge is 0.324 e. The Balaban J connectivity index is 1.67. The zero-order valence-corrected chi connectivity index (χ0v) is 15.6. The highest BCUT2D eigenvalue weighted by Crippen LogP contribution is 2.18. The number of nitrogens with zero attached hydrogens (tertiary/aromatic N) is 2. The van der Waals surface area contributed by atoms with Crippen LogP contribution in [0.4, 0.5) is 11.4 Å². The molecule has 132 valence electrons. The van der Waals surface area contributed by atoms with E-state index in [4.69, 9.17) is 0 Å². The van der Waals surface area contributed by atoms with Gasteiger partial charge in [0.15, 0.2) is 0 Å². The van der Waals surface area contributed by atoms with Gasteiger partial charge in [0.25, 0.3) is 5.91 Å². The summed E-state index contributed by atoms with van der Waals surface area (Å²) in [7, 11) is 0. The summed E-state index contributed by atoms with van der Waals surface area (Å²) < 4.78 is 2.49. The summed E-state index contributed by atoms with van der Waals surface area (Å²) in [6.45, 7) is 1.77. The number of hydrogen-bond donors (Lipinski definition) is 2. The van der Waals surface area contributed by atoms with Gasteiger partial charge in [0.05, 0.1) is 0 Å². The molecule has 7 heteroatoms. The van der Waals surface area contributed by atoms with E-state index < -0.39 is 6.04 Å². The molecule has 26 heavy (non-hydrogen) atoms. The standard InChI is InChI=1S/C19H17BrN4O2/c1-13(24-11-3-10-21-24)18(25)22-16-4-2-5-17(12-16)23-19(26)14-6-8-15(20)9-7-14/h2-13H,1H3,(H,22,25)(H,23,26)/t13-/m1/s1. The summed E-state index contributed by atoms with van der Waals surface area (Å²) in [5, 5.41) is 9.73. The van der Waals surface area contributed by atoms with Crippen molar-refractivity contribution in [2.75, 3.05) is 10.6 Å². The highest BCUT2D eigenvalue weighted by molar-refractivity contribution is 9.10. The molecule has 0 aliphatic heterocycles. The van der Waals surface area contributed by atoms with E-state index in [0.29, 0.717) is 16.9 Å². The van der Waals surface area contributed by atoms with Crippen LogP contribution in [-0.4, -0.2) is 21.6 Å². The van der Waals surface area contributed by atoms with Crippen LogP contribution in [0.3, 0.4) is 0 Å². The van der Waals surface area contributed by atoms with Crippen molar-refractivity contribution in [1.29, 1.82) is 0 Å². The third-order valence-corrected chi connectivity index (χ3v) is 4.32. The molecule has 6 nitrogen and oxygen atoms in total. The van der Waals surface area contributed by atoms with Crippen LogP contribution in [0, 0.1) is 0 Å². The molecule has 1 atom stereocenters. The monoisotopic (exact) mass is 412 g/mol. The molecule has 0 aliphatic rings. The molecule has 0 saturated carbocycles. The summed E-state index contributed by atoms with van der Waals surface area (Å²) >= 11 is 3.34. The second kappa shape index (κ2) is 7.97. The van der Waals surface area contributed by atoms with E-state index >= 15 is 0 Å². The molecule has 3 rings (SSSR count). The number of benzene rings is 2. The summed E-state index contributed by atoms with van der Waals surface area (Å²) in [6.07, 6.45) is 3.36. The molecule has 0 unspecified atom stereocenters. The highest BCUT2D eigenvalue weighted by Gasteiger charge is 2.15. The predicted octanol–water partition coefficient (Wildman–Crippen LogP) is 4.10. The first-order valence-electron chi connectivity index (χ1n) is 8.00. The van der Waals surface area contributed by atoms with Gasteiger partial charge in [0, 0.05) is 33.8 Å². The molecule has 0 radical (unpaired) electrons. The van der Waals surface area contributed by atoms with Crippen molar-refractivity contribution >= 4 is 39.1 Å². The SMILES string of the molecule is C[C@H](C(=O)Nc1cccc(NC(=O)c2ccc(Br)cc2)c1)n1cccn1. The van der Waals surface area contributed by atoms with Gasteiger partial charge in [-0.15, -0.1) is 0 Å². The first kappa shape index (κ1) is 17.9. The van der Waals surface area contributed by atoms with E-state index in [0.717, 1.165) is 4.47 Å². The lowest BCUT2D eigenvalue weighted by Crippen LogP contribution is -2.24. The van der Waals surface area contributed by atoms with Crippen LogP contribution < -0.4 is 10.6 Å². The van der Waals surface area contributed by atoms with E-state index in [1.165, 1.54) is 0 Å². The van der Waals surface area contributed by atoms with Gasteiger partial charge in [-0.05, 0) is 55.5 Å². The lowest BCUT2D eigenvalue weighted by atomic mass is 10.2. The van der Waals surface area contributed by atoms with Crippen molar-refractivity contribution in [2.45, 2.75) is 13.0 Å². The van der Waals surface area contributed by atoms with Gasteiger partial charge in [0.1, 0.15) is 6.04 Å². The first-order chi connectivity index (χ1) is 12.5. The van der Waals surface area contributed by atoms with Gasteiger partial charge in [-0.1, -0.05) is 22.0 Å². The van der Waals surface area contributed by atoms with Crippen molar-refractivity contribution in [3.63, 3.8) is 0 Å². The molecule has 2 amide bonds. The lowest BCUT2D eigenvalue weighted by Gasteiger charge is -2.13. The van der Waals surface area contributed by atoms with Gasteiger partial charge >= 0.3 is 0 Å². The number of rotatable bonds is 5. The quantitative estimate of drug-likeness (QED) is 0.662. The molecule has 0 saturated heterocycles. The number of carbonyl (C=O) groups excluding carboxylic acids is 2. The van der Waals surface area contributed by atoms with Crippen LogP contribution >= 0.6 is 15.9 Å². The summed E-state index contributed by atoms with van der Waals surface area (Å²) in [5.41, 5.74) is 1.75. The summed E-state index contributed by atoms with van der Waals surface area (Å²) in [6, 6.07) is 15.4. The van der Waals surface area contributed by atoms with Crippen LogP contribution in [0.15, 0.2) is 71.5 Å². The Morgan fingerprint density at radius 2 is 1.73 bits per heavy atom. The maximum Gasteiger partial charge on any atom is 0.255 e. The van der Waals surface area contributed by atoms with E-state index in [1.54, 1.807) is 66.5 Å². The van der Waals surface area contributed by atoms with Gasteiger partial charge in [0.2, 0.25) is 5.91 Å². The van der Waals surface area contributed by atoms with Gasteiger partial charge in [-0.25, -0.2) is 0 Å². The summed E-state index contributed by atoms with van der Waals surface area (Å²) in [5.74, 6) is -0.407. The fourth-order valence-electron chi connectivity index (χ4n) is 2.36. The minimum Gasteiger partial charge on any atom is -0.324 e. The van der Waals surface area contributed by atoms with Crippen LogP contribution in [0.2, 0.25) is 0 Å². The molecule has 2 N–H and O–H groups in total. The zero-order valence-electron chi connectivity index (χ0n) is 14.0. The van der Waals surface area contributed by atoms with Crippen LogP contribution in [0.25, 0.3) is 0 Å². The summed E-state index contributed by atoms with van der Waals surface area (Å²) in [4.78, 5) is 24.6. The highest BCUT2D eigenvalue weighted by atomic mass is 79.9. The third kappa shape index (κ3) is 4.37. The van der Waals surface area contributed by atoms with Crippen LogP contribution in [0.1, 0.15) is 23.3 Å². The number of amides is 2. The maximum atomic E-state index is 12.3. The number of hydrogen-bond acceptors (Lipinski definition) is 3. The molecule has 1 heterocycles. The Hall–Kier alpha value is -2.93. The molecule has 0 fully saturated rings. The van der Waals surface area contributed by atoms with Crippen molar-refractivity contribution in [1.82, 2.24) is 9.78 Å². The van der Waals surface area contributed by atoms with Gasteiger partial charge in [-0.2, -0.15) is 5.10 Å². The fraction of sp³-hybridized carbons (Fsp3) is 0.105. The first-order valence-corrected chi connectivity index (χ1v) is 8.79. The minimum atomic E-state index is -0.439. The van der Waals surface area contributed by atoms with Gasteiger partial charge in [-0.3, -0.25) is 14.3 Å². The average molecular weight is 413 g/mol. The Labute approximate surface area is 159 Å². The lowest BCUT2D eigenvalue weighted by molar-refractivity contribution is -0.119. The fourth-order valence-corrected chi connectivity index (χ4v) is 2.62. The smallest absolute Gasteiger partial charge is 0.255 e. The second-order valence-electron chi connectivity index (χ2n) is 5.69. The zero-order chi connectivity index (χ0) is 18.5. The Bertz CT molecular complexity index is 908. The van der Waals surface area contributed by atoms with Crippen LogP contribution in [0.5, 0.6) is 0 Å².